The highest BCUT2D eigenvalue weighted by Crippen LogP contribution is 2.34. The average Bonchev–Trinajstić information content (AvgIpc) is 3.00. The second-order valence-corrected chi connectivity index (χ2v) is 7.41. The number of carbonyl (C=O) groups is 2. The van der Waals surface area contributed by atoms with Gasteiger partial charge in [-0.15, -0.1) is 0 Å². The van der Waals surface area contributed by atoms with Crippen LogP contribution in [0.2, 0.25) is 0 Å². The minimum atomic E-state index is -1.45. The van der Waals surface area contributed by atoms with Gasteiger partial charge in [-0.05, 0) is 20.8 Å². The molecular formula is C19H29NO8. The lowest BCUT2D eigenvalue weighted by molar-refractivity contribution is -0.184. The van der Waals surface area contributed by atoms with Gasteiger partial charge in [-0.1, -0.05) is 18.2 Å². The van der Waals surface area contributed by atoms with Gasteiger partial charge in [0.05, 0.1) is 25.8 Å². The highest BCUT2D eigenvalue weighted by atomic mass is 16.7. The maximum atomic E-state index is 12.6. The number of amides is 1. The van der Waals surface area contributed by atoms with Gasteiger partial charge in [0.1, 0.15) is 18.3 Å². The van der Waals surface area contributed by atoms with Crippen molar-refractivity contribution in [3.05, 3.63) is 24.3 Å². The Kier molecular flexibility index (Phi) is 7.00. The first-order chi connectivity index (χ1) is 13.0. The molecular weight excluding hydrogens is 370 g/mol. The van der Waals surface area contributed by atoms with Gasteiger partial charge in [-0.25, -0.2) is 4.79 Å². The van der Waals surface area contributed by atoms with Gasteiger partial charge in [0.25, 0.3) is 5.91 Å². The van der Waals surface area contributed by atoms with Crippen molar-refractivity contribution in [1.82, 2.24) is 4.90 Å². The van der Waals surface area contributed by atoms with Crippen molar-refractivity contribution < 1.29 is 38.7 Å². The molecule has 9 nitrogen and oxygen atoms in total. The summed E-state index contributed by atoms with van der Waals surface area (Å²) in [5.41, 5.74) is 0.645. The first-order valence-corrected chi connectivity index (χ1v) is 8.98. The first-order valence-electron chi connectivity index (χ1n) is 8.98. The van der Waals surface area contributed by atoms with Crippen molar-refractivity contribution in [2.75, 3.05) is 20.8 Å². The number of likely N-dealkylation sites (tertiary alicyclic amines) is 1. The fraction of sp³-hybridized carbons (Fsp3) is 0.684. The second-order valence-electron chi connectivity index (χ2n) is 7.41. The van der Waals surface area contributed by atoms with Gasteiger partial charge >= 0.3 is 5.97 Å². The van der Waals surface area contributed by atoms with Gasteiger partial charge in [0, 0.05) is 13.2 Å². The molecule has 6 atom stereocenters. The predicted molar refractivity (Wildman–Crippen MR) is 98.1 cm³/mol. The summed E-state index contributed by atoms with van der Waals surface area (Å²) < 4.78 is 20.8. The number of rotatable bonds is 8. The van der Waals surface area contributed by atoms with E-state index >= 15 is 0 Å². The number of aliphatic hydroxyl groups is 2. The van der Waals surface area contributed by atoms with Crippen LogP contribution >= 0.6 is 0 Å². The zero-order chi connectivity index (χ0) is 21.2. The number of esters is 1. The molecule has 0 spiro atoms. The second kappa shape index (κ2) is 8.71. The van der Waals surface area contributed by atoms with Crippen LogP contribution in [0, 0.1) is 0 Å². The van der Waals surface area contributed by atoms with Crippen molar-refractivity contribution in [2.45, 2.75) is 63.1 Å². The van der Waals surface area contributed by atoms with E-state index in [0.717, 1.165) is 6.08 Å². The third-order valence-corrected chi connectivity index (χ3v) is 4.91. The standard InChI is InChI=1S/C19H29NO8/c1-10(2)14-17(26-6)18(24)20(14)11(7-8-13(21)25-5)15(22)16(23)12-9-27-19(3,4)28-12/h7-8,11-12,14-17,22-23H,1,9H2,2-6H3/b8-7+/t11-,12+,14+,15+,16-,17-/m0/s1. The lowest BCUT2D eigenvalue weighted by Crippen LogP contribution is -2.71. The zero-order valence-electron chi connectivity index (χ0n) is 16.8. The molecule has 9 heteroatoms. The number of carbonyl (C=O) groups excluding carboxylic acids is 2. The Morgan fingerprint density at radius 3 is 2.50 bits per heavy atom. The van der Waals surface area contributed by atoms with Gasteiger partial charge < -0.3 is 34.1 Å². The number of nitrogens with zero attached hydrogens (tertiary/aromatic N) is 1. The quantitative estimate of drug-likeness (QED) is 0.249. The molecule has 0 bridgehead atoms. The van der Waals surface area contributed by atoms with Crippen LogP contribution in [0.25, 0.3) is 0 Å². The molecule has 0 aromatic carbocycles. The van der Waals surface area contributed by atoms with Crippen LogP contribution < -0.4 is 0 Å². The van der Waals surface area contributed by atoms with Crippen molar-refractivity contribution >= 4 is 11.9 Å². The molecule has 28 heavy (non-hydrogen) atoms. The summed E-state index contributed by atoms with van der Waals surface area (Å²) in [5.74, 6) is -1.93. The molecule has 2 saturated heterocycles. The monoisotopic (exact) mass is 399 g/mol. The van der Waals surface area contributed by atoms with Crippen LogP contribution in [0.15, 0.2) is 24.3 Å². The van der Waals surface area contributed by atoms with E-state index in [1.54, 1.807) is 20.8 Å². The molecule has 2 rings (SSSR count). The van der Waals surface area contributed by atoms with Gasteiger partial charge in [-0.2, -0.15) is 0 Å². The summed E-state index contributed by atoms with van der Waals surface area (Å²) in [6.45, 7) is 9.08. The Labute approximate surface area is 164 Å². The summed E-state index contributed by atoms with van der Waals surface area (Å²) in [6, 6.07) is -1.54. The highest BCUT2D eigenvalue weighted by molar-refractivity contribution is 5.90. The van der Waals surface area contributed by atoms with E-state index in [1.165, 1.54) is 25.2 Å². The van der Waals surface area contributed by atoms with Crippen molar-refractivity contribution in [2.24, 2.45) is 0 Å². The summed E-state index contributed by atoms with van der Waals surface area (Å²) in [5, 5.41) is 21.5. The minimum Gasteiger partial charge on any atom is -0.466 e. The molecule has 0 saturated carbocycles. The molecule has 0 aromatic rings. The van der Waals surface area contributed by atoms with E-state index < -0.39 is 48.3 Å². The lowest BCUT2D eigenvalue weighted by Gasteiger charge is -2.51. The van der Waals surface area contributed by atoms with Crippen LogP contribution in [-0.2, 0) is 28.5 Å². The molecule has 0 aromatic heterocycles. The summed E-state index contributed by atoms with van der Waals surface area (Å²) in [7, 11) is 2.62. The van der Waals surface area contributed by atoms with Crippen molar-refractivity contribution in [1.29, 1.82) is 0 Å². The van der Waals surface area contributed by atoms with Gasteiger partial charge in [0.2, 0.25) is 0 Å². The molecule has 2 N–H and O–H groups in total. The molecule has 1 amide bonds. The van der Waals surface area contributed by atoms with Crippen LogP contribution in [0.5, 0.6) is 0 Å². The molecule has 0 radical (unpaired) electrons. The lowest BCUT2D eigenvalue weighted by atomic mass is 9.86. The summed E-state index contributed by atoms with van der Waals surface area (Å²) >= 11 is 0. The third-order valence-electron chi connectivity index (χ3n) is 4.91. The molecule has 158 valence electrons. The van der Waals surface area contributed by atoms with E-state index in [2.05, 4.69) is 11.3 Å². The topological polar surface area (TPSA) is 115 Å². The normalized spacial score (nSPS) is 30.0. The van der Waals surface area contributed by atoms with Crippen LogP contribution in [-0.4, -0.2) is 90.1 Å². The van der Waals surface area contributed by atoms with E-state index in [-0.39, 0.29) is 12.5 Å². The number of ether oxygens (including phenoxy) is 4. The SMILES string of the molecule is C=C(C)[C@@H]1[C@H](OC)C(=O)N1[C@@H](/C=C/C(=O)OC)[C@@H](O)[C@@H](O)[C@H]1COC(C)(C)O1. The molecule has 2 heterocycles. The Balaban J connectivity index is 2.28. The largest absolute Gasteiger partial charge is 0.466 e. The number of β-lactam (4-membered cyclic amide) rings is 1. The zero-order valence-corrected chi connectivity index (χ0v) is 16.8. The summed E-state index contributed by atoms with van der Waals surface area (Å²) in [4.78, 5) is 25.5. The maximum absolute atomic E-state index is 12.6. The maximum Gasteiger partial charge on any atom is 0.330 e. The smallest absolute Gasteiger partial charge is 0.330 e. The number of methoxy groups -OCH3 is 2. The Hall–Kier alpha value is -1.78. The molecule has 2 fully saturated rings. The number of aliphatic hydroxyl groups excluding tert-OH is 2. The Bertz CT molecular complexity index is 646. The number of hydrogen-bond acceptors (Lipinski definition) is 8. The minimum absolute atomic E-state index is 0.0806. The predicted octanol–water partition coefficient (Wildman–Crippen LogP) is -0.241. The molecule has 0 unspecified atom stereocenters. The Morgan fingerprint density at radius 2 is 2.04 bits per heavy atom. The van der Waals surface area contributed by atoms with Crippen LogP contribution in [0.1, 0.15) is 20.8 Å². The van der Waals surface area contributed by atoms with E-state index in [0.29, 0.717) is 5.57 Å². The molecule has 2 aliphatic heterocycles. The van der Waals surface area contributed by atoms with E-state index in [4.69, 9.17) is 14.2 Å². The third kappa shape index (κ3) is 4.44. The Morgan fingerprint density at radius 1 is 1.39 bits per heavy atom. The van der Waals surface area contributed by atoms with Crippen LogP contribution in [0.3, 0.4) is 0 Å². The van der Waals surface area contributed by atoms with E-state index in [9.17, 15) is 19.8 Å². The van der Waals surface area contributed by atoms with Gasteiger partial charge in [0.15, 0.2) is 11.9 Å². The van der Waals surface area contributed by atoms with Crippen LogP contribution in [0.4, 0.5) is 0 Å². The highest BCUT2D eigenvalue weighted by Gasteiger charge is 2.53. The average molecular weight is 399 g/mol. The first kappa shape index (κ1) is 22.5. The molecule has 2 aliphatic rings. The molecule has 0 aliphatic carbocycles. The van der Waals surface area contributed by atoms with Gasteiger partial charge in [-0.3, -0.25) is 4.79 Å². The number of hydrogen-bond donors (Lipinski definition) is 2. The fourth-order valence-corrected chi connectivity index (χ4v) is 3.46. The van der Waals surface area contributed by atoms with E-state index in [1.807, 2.05) is 0 Å². The fourth-order valence-electron chi connectivity index (χ4n) is 3.46. The van der Waals surface area contributed by atoms with Crippen molar-refractivity contribution in [3.8, 4) is 0 Å². The summed E-state index contributed by atoms with van der Waals surface area (Å²) in [6.07, 6.45) is -1.93. The van der Waals surface area contributed by atoms with Crippen molar-refractivity contribution in [3.63, 3.8) is 0 Å².